The van der Waals surface area contributed by atoms with E-state index in [1.54, 1.807) is 6.33 Å². The number of fused-ring (bicyclic) bond motifs is 1. The van der Waals surface area contributed by atoms with Crippen LogP contribution in [0.15, 0.2) is 60.9 Å². The topological polar surface area (TPSA) is 115 Å². The maximum absolute atomic E-state index is 13.1. The van der Waals surface area contributed by atoms with Gasteiger partial charge in [0.05, 0.1) is 25.1 Å². The van der Waals surface area contributed by atoms with Crippen molar-refractivity contribution in [2.45, 2.75) is 45.1 Å². The van der Waals surface area contributed by atoms with Gasteiger partial charge >= 0.3 is 0 Å². The van der Waals surface area contributed by atoms with Gasteiger partial charge in [-0.3, -0.25) is 9.59 Å². The third-order valence-electron chi connectivity index (χ3n) is 8.18. The van der Waals surface area contributed by atoms with E-state index < -0.39 is 0 Å². The molecule has 10 nitrogen and oxygen atoms in total. The molecule has 10 heteroatoms. The number of nitrogens with one attached hydrogen (secondary N) is 3. The molecule has 2 aromatic carbocycles. The van der Waals surface area contributed by atoms with Gasteiger partial charge in [-0.05, 0) is 60.2 Å². The number of H-pyrrole nitrogens is 1. The van der Waals surface area contributed by atoms with E-state index in [4.69, 9.17) is 9.72 Å². The molecule has 2 amide bonds. The molecule has 2 saturated heterocycles. The van der Waals surface area contributed by atoms with Crippen LogP contribution >= 0.6 is 0 Å². The molecule has 1 atom stereocenters. The normalized spacial score (nSPS) is 17.6. The van der Waals surface area contributed by atoms with E-state index in [1.807, 2.05) is 59.5 Å². The van der Waals surface area contributed by atoms with Crippen LogP contribution in [0, 0.1) is 0 Å². The molecule has 3 N–H and O–H groups in total. The Morgan fingerprint density at radius 1 is 0.977 bits per heavy atom. The van der Waals surface area contributed by atoms with E-state index in [0.29, 0.717) is 49.8 Å². The Hall–Kier alpha value is -4.44. The molecular weight excluding hydrogens is 542 g/mol. The molecule has 1 unspecified atom stereocenters. The number of benzene rings is 2. The van der Waals surface area contributed by atoms with Gasteiger partial charge in [-0.25, -0.2) is 9.97 Å². The predicted molar refractivity (Wildman–Crippen MR) is 168 cm³/mol. The summed E-state index contributed by atoms with van der Waals surface area (Å²) in [5, 5.41) is 6.64. The SMILES string of the molecule is CC(C)(C)c1ccc(C(=O)NC2CCCN(c3cc4[nH]cnc4c(Nc4ccc(C(=O)N5CCOCC5)cc4)n3)C2)cc1. The van der Waals surface area contributed by atoms with Gasteiger partial charge in [-0.15, -0.1) is 0 Å². The Morgan fingerprint density at radius 2 is 1.70 bits per heavy atom. The predicted octanol–water partition coefficient (Wildman–Crippen LogP) is 4.87. The van der Waals surface area contributed by atoms with Crippen molar-refractivity contribution in [1.82, 2.24) is 25.2 Å². The zero-order chi connectivity index (χ0) is 30.0. The molecule has 0 saturated carbocycles. The number of pyridine rings is 1. The summed E-state index contributed by atoms with van der Waals surface area (Å²) in [5.74, 6) is 1.40. The summed E-state index contributed by atoms with van der Waals surface area (Å²) in [7, 11) is 0. The Balaban J connectivity index is 1.15. The first-order valence-corrected chi connectivity index (χ1v) is 15.0. The number of hydrogen-bond donors (Lipinski definition) is 3. The average molecular weight is 582 g/mol. The molecule has 0 radical (unpaired) electrons. The first-order valence-electron chi connectivity index (χ1n) is 15.0. The highest BCUT2D eigenvalue weighted by atomic mass is 16.5. The minimum Gasteiger partial charge on any atom is -0.378 e. The van der Waals surface area contributed by atoms with E-state index in [2.05, 4.69) is 46.3 Å². The zero-order valence-corrected chi connectivity index (χ0v) is 25.0. The van der Waals surface area contributed by atoms with Crippen LogP contribution in [0.2, 0.25) is 0 Å². The van der Waals surface area contributed by atoms with E-state index in [-0.39, 0.29) is 23.3 Å². The molecule has 43 heavy (non-hydrogen) atoms. The number of hydrogen-bond acceptors (Lipinski definition) is 7. The van der Waals surface area contributed by atoms with E-state index in [0.717, 1.165) is 41.9 Å². The first-order chi connectivity index (χ1) is 20.7. The number of carbonyl (C=O) groups excluding carboxylic acids is 2. The molecule has 0 aliphatic carbocycles. The lowest BCUT2D eigenvalue weighted by atomic mass is 9.86. The number of rotatable bonds is 6. The van der Waals surface area contributed by atoms with Crippen LogP contribution in [0.3, 0.4) is 0 Å². The summed E-state index contributed by atoms with van der Waals surface area (Å²) in [6.07, 6.45) is 3.52. The number of amides is 2. The van der Waals surface area contributed by atoms with Gasteiger partial charge in [-0.1, -0.05) is 32.9 Å². The fourth-order valence-electron chi connectivity index (χ4n) is 5.66. The van der Waals surface area contributed by atoms with Crippen molar-refractivity contribution in [3.63, 3.8) is 0 Å². The molecule has 0 spiro atoms. The largest absolute Gasteiger partial charge is 0.378 e. The standard InChI is InChI=1S/C33H39N7O3/c1-33(2,3)24-10-6-22(7-11-24)31(41)37-26-5-4-14-40(20-26)28-19-27-29(35-21-34-27)30(38-28)36-25-12-8-23(9-13-25)32(42)39-15-17-43-18-16-39/h6-13,19,21,26H,4-5,14-18,20H2,1-3H3,(H,34,35)(H,36,38)(H,37,41). The fourth-order valence-corrected chi connectivity index (χ4v) is 5.66. The van der Waals surface area contributed by atoms with Crippen molar-refractivity contribution < 1.29 is 14.3 Å². The van der Waals surface area contributed by atoms with Crippen molar-refractivity contribution in [2.75, 3.05) is 49.6 Å². The quantitative estimate of drug-likeness (QED) is 0.298. The highest BCUT2D eigenvalue weighted by Gasteiger charge is 2.25. The summed E-state index contributed by atoms with van der Waals surface area (Å²) in [6, 6.07) is 17.4. The van der Waals surface area contributed by atoms with E-state index in [9.17, 15) is 9.59 Å². The summed E-state index contributed by atoms with van der Waals surface area (Å²) in [5.41, 5.74) is 4.98. The average Bonchev–Trinajstić information content (AvgIpc) is 3.51. The monoisotopic (exact) mass is 581 g/mol. The van der Waals surface area contributed by atoms with Crippen LogP contribution in [-0.4, -0.2) is 77.1 Å². The van der Waals surface area contributed by atoms with E-state index in [1.165, 1.54) is 5.56 Å². The molecule has 2 aliphatic rings. The van der Waals surface area contributed by atoms with Gasteiger partial charge < -0.3 is 30.2 Å². The number of nitrogens with zero attached hydrogens (tertiary/aromatic N) is 4. The second kappa shape index (κ2) is 12.0. The zero-order valence-electron chi connectivity index (χ0n) is 25.0. The minimum absolute atomic E-state index is 0.00997. The number of morpholine rings is 1. The maximum Gasteiger partial charge on any atom is 0.254 e. The van der Waals surface area contributed by atoms with Gasteiger partial charge in [0.1, 0.15) is 11.3 Å². The number of carbonyl (C=O) groups is 2. The second-order valence-electron chi connectivity index (χ2n) is 12.3. The number of ether oxygens (including phenoxy) is 1. The number of imidazole rings is 1. The van der Waals surface area contributed by atoms with Crippen molar-refractivity contribution in [3.05, 3.63) is 77.6 Å². The smallest absolute Gasteiger partial charge is 0.254 e. The maximum atomic E-state index is 13.1. The minimum atomic E-state index is -0.0535. The van der Waals surface area contributed by atoms with Gasteiger partial charge in [0, 0.05) is 55.1 Å². The van der Waals surface area contributed by atoms with Gasteiger partial charge in [0.15, 0.2) is 5.82 Å². The summed E-state index contributed by atoms with van der Waals surface area (Å²) < 4.78 is 5.37. The van der Waals surface area contributed by atoms with E-state index >= 15 is 0 Å². The van der Waals surface area contributed by atoms with Crippen LogP contribution < -0.4 is 15.5 Å². The molecule has 2 aromatic heterocycles. The third kappa shape index (κ3) is 6.49. The van der Waals surface area contributed by atoms with Crippen LogP contribution in [-0.2, 0) is 10.2 Å². The third-order valence-corrected chi connectivity index (χ3v) is 8.18. The number of aromatic nitrogens is 3. The Morgan fingerprint density at radius 3 is 2.42 bits per heavy atom. The Labute approximate surface area is 251 Å². The molecule has 2 aliphatic heterocycles. The molecule has 0 bridgehead atoms. The summed E-state index contributed by atoms with van der Waals surface area (Å²) >= 11 is 0. The summed E-state index contributed by atoms with van der Waals surface area (Å²) in [6.45, 7) is 10.4. The molecule has 4 heterocycles. The lowest BCUT2D eigenvalue weighted by molar-refractivity contribution is 0.0303. The highest BCUT2D eigenvalue weighted by Crippen LogP contribution is 2.29. The molecule has 4 aromatic rings. The number of aromatic amines is 1. The second-order valence-corrected chi connectivity index (χ2v) is 12.3. The Bertz CT molecular complexity index is 1590. The van der Waals surface area contributed by atoms with Crippen molar-refractivity contribution in [3.8, 4) is 0 Å². The van der Waals surface area contributed by atoms with Gasteiger partial charge in [0.25, 0.3) is 11.8 Å². The molecular formula is C33H39N7O3. The lowest BCUT2D eigenvalue weighted by Gasteiger charge is -2.34. The van der Waals surface area contributed by atoms with Crippen molar-refractivity contribution >= 4 is 40.2 Å². The van der Waals surface area contributed by atoms with Gasteiger partial charge in [-0.2, -0.15) is 0 Å². The molecule has 6 rings (SSSR count). The molecule has 224 valence electrons. The summed E-state index contributed by atoms with van der Waals surface area (Å²) in [4.78, 5) is 42.6. The Kier molecular flexibility index (Phi) is 8.03. The van der Waals surface area contributed by atoms with Crippen LogP contribution in [0.1, 0.15) is 59.9 Å². The highest BCUT2D eigenvalue weighted by molar-refractivity contribution is 5.95. The fraction of sp³-hybridized carbons (Fsp3) is 0.394. The van der Waals surface area contributed by atoms with Crippen molar-refractivity contribution in [1.29, 1.82) is 0 Å². The van der Waals surface area contributed by atoms with Crippen LogP contribution in [0.25, 0.3) is 11.0 Å². The molecule has 2 fully saturated rings. The first kappa shape index (κ1) is 28.7. The van der Waals surface area contributed by atoms with Gasteiger partial charge in [0.2, 0.25) is 0 Å². The lowest BCUT2D eigenvalue weighted by Crippen LogP contribution is -2.48. The number of anilines is 3. The number of piperidine rings is 1. The van der Waals surface area contributed by atoms with Crippen LogP contribution in [0.4, 0.5) is 17.3 Å². The van der Waals surface area contributed by atoms with Crippen molar-refractivity contribution in [2.24, 2.45) is 0 Å². The van der Waals surface area contributed by atoms with Crippen LogP contribution in [0.5, 0.6) is 0 Å².